The van der Waals surface area contributed by atoms with Crippen molar-refractivity contribution in [2.45, 2.75) is 78.6 Å². The number of rotatable bonds is 7. The normalized spacial score (nSPS) is 13.1. The fraction of sp³-hybridized carbons (Fsp3) is 0.143. The number of nitrogens with zero attached hydrogens (tertiary/aromatic N) is 5. The molecular weight excluding hydrogens is 1290 g/mol. The van der Waals surface area contributed by atoms with Gasteiger partial charge in [-0.2, -0.15) is 18.2 Å². The Labute approximate surface area is 553 Å². The number of hydrogen-bond donors (Lipinski definition) is 0. The molecule has 1 aliphatic rings. The maximum atomic E-state index is 9.61. The van der Waals surface area contributed by atoms with Crippen molar-refractivity contribution in [3.8, 4) is 90.0 Å². The number of pyridine rings is 1. The summed E-state index contributed by atoms with van der Waals surface area (Å²) in [4.78, 5) is 4.94. The van der Waals surface area contributed by atoms with Crippen LogP contribution in [0.5, 0.6) is 11.5 Å². The molecular formula is C84H67N5OPt-2. The van der Waals surface area contributed by atoms with E-state index in [1.54, 1.807) is 0 Å². The summed E-state index contributed by atoms with van der Waals surface area (Å²) >= 11 is 0. The van der Waals surface area contributed by atoms with Gasteiger partial charge < -0.3 is 18.4 Å². The average molecular weight is 1360 g/mol. The van der Waals surface area contributed by atoms with Crippen molar-refractivity contribution in [3.63, 3.8) is 0 Å². The fourth-order valence-electron chi connectivity index (χ4n) is 13.5. The van der Waals surface area contributed by atoms with Crippen LogP contribution in [-0.2, 0) is 37.3 Å². The molecule has 7 heteroatoms. The summed E-state index contributed by atoms with van der Waals surface area (Å²) < 4.78 is 61.9. The van der Waals surface area contributed by atoms with E-state index in [1.807, 2.05) is 42.6 Å². The Morgan fingerprint density at radius 2 is 1.00 bits per heavy atom. The molecule has 446 valence electrons. The second-order valence-corrected chi connectivity index (χ2v) is 26.9. The molecule has 5 heterocycles. The number of ether oxygens (including phenoxy) is 1. The van der Waals surface area contributed by atoms with E-state index in [-0.39, 0.29) is 55.0 Å². The molecule has 0 bridgehead atoms. The molecule has 91 heavy (non-hydrogen) atoms. The molecule has 0 saturated heterocycles. The summed E-state index contributed by atoms with van der Waals surface area (Å²) in [5.74, 6) is 1.77. The summed E-state index contributed by atoms with van der Waals surface area (Å²) in [5.41, 5.74) is 18.6. The zero-order valence-electron chi connectivity index (χ0n) is 57.2. The van der Waals surface area contributed by atoms with Crippen LogP contribution in [0.25, 0.3) is 133 Å². The van der Waals surface area contributed by atoms with Gasteiger partial charge in [0.2, 0.25) is 0 Å². The minimum atomic E-state index is -0.453. The number of para-hydroxylation sites is 4. The van der Waals surface area contributed by atoms with Gasteiger partial charge in [-0.25, -0.2) is 4.98 Å². The third-order valence-electron chi connectivity index (χ3n) is 18.0. The fourth-order valence-corrected chi connectivity index (χ4v) is 13.5. The molecule has 0 spiro atoms. The van der Waals surface area contributed by atoms with Gasteiger partial charge >= 0.3 is 0 Å². The van der Waals surface area contributed by atoms with Crippen LogP contribution >= 0.6 is 0 Å². The molecule has 1 aliphatic heterocycles. The standard InChI is InChI=1S/C84H67N5O.Pt/c1-82(2,3)56-42-43-85-78(49-56)89-74-38-20-17-32-67(74)68-41-40-61(51-76(68)89)90-60-27-21-26-59(50-60)86-52-87-80-70(35-23-39-75(80)88-72-36-18-15-30-65(72)66-31-16-19-37-73(66)88)79-62(53-24-11-10-12-25-53)33-22-34-69(79)63-28-13-14-29-64(63)71-46-55(47-77(86)81(71)87)54-44-57(83(4,5)6)48-58(45-54)84(7,8)9;/h10-49H,1-9H3;/q-2;/i10D,11D,12D,24D,25D;. The Hall–Kier alpha value is -9.87. The number of imidazole rings is 1. The van der Waals surface area contributed by atoms with Gasteiger partial charge in [0.1, 0.15) is 5.82 Å². The maximum Gasteiger partial charge on any atom is 0.268 e. The largest absolute Gasteiger partial charge is 0.510 e. The van der Waals surface area contributed by atoms with E-state index in [1.165, 1.54) is 16.7 Å². The predicted octanol–water partition coefficient (Wildman–Crippen LogP) is 21.2. The van der Waals surface area contributed by atoms with Gasteiger partial charge in [0.05, 0.1) is 40.3 Å². The van der Waals surface area contributed by atoms with Gasteiger partial charge in [0, 0.05) is 55.1 Å². The van der Waals surface area contributed by atoms with Gasteiger partial charge in [-0.3, -0.25) is 4.57 Å². The molecule has 0 saturated carbocycles. The molecule has 6 nitrogen and oxygen atoms in total. The number of aromatic nitrogens is 5. The third-order valence-corrected chi connectivity index (χ3v) is 18.0. The molecule has 0 amide bonds. The van der Waals surface area contributed by atoms with Crippen molar-refractivity contribution in [3.05, 3.63) is 278 Å². The molecule has 4 aromatic heterocycles. The summed E-state index contributed by atoms with van der Waals surface area (Å²) in [6, 6.07) is 77.7. The van der Waals surface area contributed by atoms with Gasteiger partial charge in [0.25, 0.3) is 6.33 Å². The summed E-state index contributed by atoms with van der Waals surface area (Å²) in [6.07, 6.45) is 5.93. The van der Waals surface area contributed by atoms with Crippen LogP contribution in [0.2, 0.25) is 0 Å². The molecule has 15 aromatic rings. The Balaban J connectivity index is 0.00000756. The summed E-state index contributed by atoms with van der Waals surface area (Å²) in [5, 5.41) is 4.28. The second-order valence-electron chi connectivity index (χ2n) is 26.9. The van der Waals surface area contributed by atoms with Crippen LogP contribution in [0.15, 0.2) is 243 Å². The minimum absolute atomic E-state index is 0. The first-order valence-corrected chi connectivity index (χ1v) is 30.9. The van der Waals surface area contributed by atoms with Crippen molar-refractivity contribution >= 4 is 54.6 Å². The molecule has 0 radical (unpaired) electrons. The quantitative estimate of drug-likeness (QED) is 0.118. The maximum absolute atomic E-state index is 9.61. The van der Waals surface area contributed by atoms with Crippen LogP contribution < -0.4 is 9.30 Å². The molecule has 0 fully saturated rings. The SMILES string of the molecule is [2H]c1c([2H])c([2H])c(-c2cccc3c2-c2cccc(-n4c5ccccc5c5ccccc54)c2-[n+]2[c-]n(-c4[c-]c(Oc5[c-]c6c(cc5)c5ccccc5n6-c5cc(C(C)(C)C)ccn5)ccc4)c4cc(-c5cc(C(C)(C)C)cc(C(C)(C)C)c5)cc(c42)-c2ccccc2-3)c([2H])c1[2H].[Pt]. The van der Waals surface area contributed by atoms with Crippen molar-refractivity contribution in [2.24, 2.45) is 0 Å². The second kappa shape index (κ2) is 21.7. The molecule has 0 aliphatic carbocycles. The van der Waals surface area contributed by atoms with Crippen LogP contribution in [0.3, 0.4) is 0 Å². The molecule has 16 rings (SSSR count). The summed E-state index contributed by atoms with van der Waals surface area (Å²) in [7, 11) is 0. The van der Waals surface area contributed by atoms with Crippen LogP contribution in [0.4, 0.5) is 0 Å². The van der Waals surface area contributed by atoms with Crippen LogP contribution in [0, 0.1) is 18.5 Å². The first-order chi connectivity index (χ1) is 45.6. The Morgan fingerprint density at radius 1 is 0.440 bits per heavy atom. The molecule has 0 N–H and O–H groups in total. The summed E-state index contributed by atoms with van der Waals surface area (Å²) in [6.45, 7) is 20.3. The monoisotopic (exact) mass is 1360 g/mol. The van der Waals surface area contributed by atoms with Gasteiger partial charge in [-0.1, -0.05) is 232 Å². The average Bonchev–Trinajstić information content (AvgIpc) is 1.51. The van der Waals surface area contributed by atoms with Crippen LogP contribution in [-0.4, -0.2) is 18.7 Å². The number of benzene rings is 11. The van der Waals surface area contributed by atoms with Gasteiger partial charge in [0.15, 0.2) is 0 Å². The van der Waals surface area contributed by atoms with E-state index in [0.717, 1.165) is 111 Å². The van der Waals surface area contributed by atoms with Gasteiger partial charge in [-0.05, 0) is 142 Å². The van der Waals surface area contributed by atoms with E-state index < -0.39 is 18.1 Å². The van der Waals surface area contributed by atoms with E-state index in [9.17, 15) is 2.74 Å². The third kappa shape index (κ3) is 9.65. The van der Waals surface area contributed by atoms with Crippen molar-refractivity contribution in [2.75, 3.05) is 0 Å². The first kappa shape index (κ1) is 52.0. The van der Waals surface area contributed by atoms with Crippen LogP contribution in [0.1, 0.15) is 85.9 Å². The number of fused-ring (bicyclic) bond motifs is 13. The van der Waals surface area contributed by atoms with Crippen molar-refractivity contribution in [1.82, 2.24) is 18.7 Å². The minimum Gasteiger partial charge on any atom is -0.510 e. The first-order valence-electron chi connectivity index (χ1n) is 33.4. The zero-order valence-corrected chi connectivity index (χ0v) is 54.4. The van der Waals surface area contributed by atoms with E-state index in [0.29, 0.717) is 28.3 Å². The van der Waals surface area contributed by atoms with E-state index >= 15 is 0 Å². The van der Waals surface area contributed by atoms with Crippen molar-refractivity contribution in [1.29, 1.82) is 0 Å². The van der Waals surface area contributed by atoms with Crippen molar-refractivity contribution < 1.29 is 37.2 Å². The molecule has 11 aromatic carbocycles. The Morgan fingerprint density at radius 3 is 1.68 bits per heavy atom. The van der Waals surface area contributed by atoms with E-state index in [4.69, 9.17) is 13.8 Å². The topological polar surface area (TPSA) is 40.8 Å². The Kier molecular flexibility index (Phi) is 12.4. The number of hydrogen-bond acceptors (Lipinski definition) is 2. The zero-order chi connectivity index (χ0) is 65.7. The smallest absolute Gasteiger partial charge is 0.268 e. The Bertz CT molecular complexity index is 5620. The predicted molar refractivity (Wildman–Crippen MR) is 371 cm³/mol. The van der Waals surface area contributed by atoms with E-state index in [2.05, 4.69) is 269 Å². The molecule has 0 unspecified atom stereocenters. The molecule has 0 atom stereocenters. The van der Waals surface area contributed by atoms with Gasteiger partial charge in [-0.15, -0.1) is 29.7 Å².